The summed E-state index contributed by atoms with van der Waals surface area (Å²) in [6.45, 7) is 0.699. The van der Waals surface area contributed by atoms with Crippen molar-refractivity contribution in [2.24, 2.45) is 4.99 Å². The highest BCUT2D eigenvalue weighted by Gasteiger charge is 2.47. The van der Waals surface area contributed by atoms with Crippen molar-refractivity contribution in [3.63, 3.8) is 0 Å². The van der Waals surface area contributed by atoms with Gasteiger partial charge in [-0.15, -0.1) is 0 Å². The van der Waals surface area contributed by atoms with Crippen molar-refractivity contribution in [2.45, 2.75) is 43.5 Å². The zero-order chi connectivity index (χ0) is 16.4. The zero-order valence-corrected chi connectivity index (χ0v) is 13.5. The van der Waals surface area contributed by atoms with Gasteiger partial charge in [-0.05, 0) is 5.56 Å². The maximum absolute atomic E-state index is 10.3. The van der Waals surface area contributed by atoms with Gasteiger partial charge < -0.3 is 24.6 Å². The summed E-state index contributed by atoms with van der Waals surface area (Å²) in [5, 5.41) is 20.6. The van der Waals surface area contributed by atoms with E-state index in [1.54, 1.807) is 0 Å². The molecule has 126 valence electrons. The Hall–Kier alpha value is -1.47. The quantitative estimate of drug-likeness (QED) is 0.841. The van der Waals surface area contributed by atoms with Crippen molar-refractivity contribution in [3.05, 3.63) is 35.9 Å². The normalized spacial score (nSPS) is 33.2. The molecule has 6 heteroatoms. The summed E-state index contributed by atoms with van der Waals surface area (Å²) in [6, 6.07) is 9.44. The Morgan fingerprint density at radius 2 is 1.96 bits per heavy atom. The first-order valence-corrected chi connectivity index (χ1v) is 7.93. The number of hydrogen-bond donors (Lipinski definition) is 2. The summed E-state index contributed by atoms with van der Waals surface area (Å²) >= 11 is 0. The average molecular weight is 320 g/mol. The number of nitrogens with zero attached hydrogens (tertiary/aromatic N) is 2. The van der Waals surface area contributed by atoms with E-state index in [1.807, 2.05) is 49.3 Å². The Balaban J connectivity index is 1.56. The minimum Gasteiger partial charge on any atom is -0.388 e. The van der Waals surface area contributed by atoms with Crippen LogP contribution in [0, 0.1) is 0 Å². The van der Waals surface area contributed by atoms with E-state index in [0.717, 1.165) is 11.4 Å². The number of ether oxygens (including phenoxy) is 2. The van der Waals surface area contributed by atoms with Gasteiger partial charge in [-0.3, -0.25) is 4.99 Å². The summed E-state index contributed by atoms with van der Waals surface area (Å²) in [6.07, 6.45) is -1.99. The van der Waals surface area contributed by atoms with Crippen LogP contribution in [-0.2, 0) is 16.1 Å². The van der Waals surface area contributed by atoms with Gasteiger partial charge in [-0.25, -0.2) is 0 Å². The second-order valence-electron chi connectivity index (χ2n) is 6.33. The number of hydrogen-bond acceptors (Lipinski definition) is 6. The van der Waals surface area contributed by atoms with Gasteiger partial charge in [0.05, 0.1) is 19.3 Å². The molecule has 0 radical (unpaired) electrons. The Kier molecular flexibility index (Phi) is 4.96. The standard InChI is InChI=1S/C17H24N2O4/c1-19(2)14-8-12-15(18-14)17(21)16(20)13(23-12)10-22-9-11-6-4-3-5-7-11/h3-7,12-13,15-17,20-21H,8-10H2,1-2H3/t12-,13-,15+,16-,17-/m1/s1. The Bertz CT molecular complexity index is 549. The molecule has 5 atom stereocenters. The first kappa shape index (κ1) is 16.4. The molecule has 2 aliphatic rings. The topological polar surface area (TPSA) is 74.5 Å². The first-order chi connectivity index (χ1) is 11.1. The SMILES string of the molecule is CN(C)C1=N[C@@H]2[C@@H](O)[C@H](O)[C@@H](COCc3ccccc3)O[C@@H]2C1. The van der Waals surface area contributed by atoms with Gasteiger partial charge in [0.1, 0.15) is 30.2 Å². The van der Waals surface area contributed by atoms with E-state index in [0.29, 0.717) is 13.0 Å². The lowest BCUT2D eigenvalue weighted by Gasteiger charge is -2.38. The van der Waals surface area contributed by atoms with E-state index in [2.05, 4.69) is 4.99 Å². The molecule has 0 amide bonds. The summed E-state index contributed by atoms with van der Waals surface area (Å²) in [4.78, 5) is 6.39. The van der Waals surface area contributed by atoms with Crippen LogP contribution in [0.25, 0.3) is 0 Å². The number of amidine groups is 1. The monoisotopic (exact) mass is 320 g/mol. The molecule has 0 saturated carbocycles. The summed E-state index contributed by atoms with van der Waals surface area (Å²) in [5.74, 6) is 0.886. The smallest absolute Gasteiger partial charge is 0.110 e. The number of rotatable bonds is 4. The van der Waals surface area contributed by atoms with Crippen molar-refractivity contribution in [1.29, 1.82) is 0 Å². The molecule has 1 aromatic rings. The Morgan fingerprint density at radius 1 is 1.22 bits per heavy atom. The molecule has 23 heavy (non-hydrogen) atoms. The van der Waals surface area contributed by atoms with Gasteiger partial charge in [0.2, 0.25) is 0 Å². The van der Waals surface area contributed by atoms with Gasteiger partial charge in [-0.2, -0.15) is 0 Å². The molecule has 0 aliphatic carbocycles. The molecule has 6 nitrogen and oxygen atoms in total. The molecule has 0 bridgehead atoms. The molecule has 0 unspecified atom stereocenters. The summed E-state index contributed by atoms with van der Waals surface area (Å²) < 4.78 is 11.6. The summed E-state index contributed by atoms with van der Waals surface area (Å²) in [7, 11) is 3.83. The van der Waals surface area contributed by atoms with Crippen molar-refractivity contribution >= 4 is 5.84 Å². The maximum atomic E-state index is 10.3. The Morgan fingerprint density at radius 3 is 2.65 bits per heavy atom. The minimum atomic E-state index is -0.989. The van der Waals surface area contributed by atoms with E-state index in [4.69, 9.17) is 9.47 Å². The largest absolute Gasteiger partial charge is 0.388 e. The van der Waals surface area contributed by atoms with Gasteiger partial charge in [0.15, 0.2) is 0 Å². The van der Waals surface area contributed by atoms with Crippen molar-refractivity contribution < 1.29 is 19.7 Å². The van der Waals surface area contributed by atoms with Crippen LogP contribution in [0.3, 0.4) is 0 Å². The van der Waals surface area contributed by atoms with E-state index in [-0.39, 0.29) is 12.7 Å². The molecule has 1 aromatic carbocycles. The molecule has 0 aromatic heterocycles. The second kappa shape index (κ2) is 6.97. The molecule has 2 aliphatic heterocycles. The molecule has 2 heterocycles. The molecule has 0 spiro atoms. The summed E-state index contributed by atoms with van der Waals surface area (Å²) in [5.41, 5.74) is 1.07. The highest BCUT2D eigenvalue weighted by Crippen LogP contribution is 2.30. The van der Waals surface area contributed by atoms with Crippen LogP contribution in [0.4, 0.5) is 0 Å². The lowest BCUT2D eigenvalue weighted by Crippen LogP contribution is -2.56. The minimum absolute atomic E-state index is 0.198. The predicted molar refractivity (Wildman–Crippen MR) is 86.3 cm³/mol. The van der Waals surface area contributed by atoms with Gasteiger partial charge in [-0.1, -0.05) is 30.3 Å². The van der Waals surface area contributed by atoms with Crippen molar-refractivity contribution in [2.75, 3.05) is 20.7 Å². The molecule has 1 saturated heterocycles. The van der Waals surface area contributed by atoms with Crippen LogP contribution in [0.1, 0.15) is 12.0 Å². The third kappa shape index (κ3) is 3.55. The molecular weight excluding hydrogens is 296 g/mol. The fraction of sp³-hybridized carbons (Fsp3) is 0.588. The highest BCUT2D eigenvalue weighted by atomic mass is 16.6. The molecule has 3 rings (SSSR count). The third-order valence-electron chi connectivity index (χ3n) is 4.40. The number of aliphatic hydroxyl groups is 2. The number of fused-ring (bicyclic) bond motifs is 1. The second-order valence-corrected chi connectivity index (χ2v) is 6.33. The number of aliphatic hydroxyl groups excluding tert-OH is 2. The number of benzene rings is 1. The fourth-order valence-electron chi connectivity index (χ4n) is 3.06. The van der Waals surface area contributed by atoms with Crippen LogP contribution in [0.2, 0.25) is 0 Å². The van der Waals surface area contributed by atoms with Crippen LogP contribution >= 0.6 is 0 Å². The van der Waals surface area contributed by atoms with E-state index < -0.39 is 24.4 Å². The van der Waals surface area contributed by atoms with Crippen LogP contribution in [0.5, 0.6) is 0 Å². The van der Waals surface area contributed by atoms with Gasteiger partial charge in [0.25, 0.3) is 0 Å². The Labute approximate surface area is 136 Å². The lowest BCUT2D eigenvalue weighted by atomic mass is 9.93. The van der Waals surface area contributed by atoms with Gasteiger partial charge in [0, 0.05) is 20.5 Å². The lowest BCUT2D eigenvalue weighted by molar-refractivity contribution is -0.189. The van der Waals surface area contributed by atoms with Crippen molar-refractivity contribution in [3.8, 4) is 0 Å². The van der Waals surface area contributed by atoms with Crippen molar-refractivity contribution in [1.82, 2.24) is 4.90 Å². The van der Waals surface area contributed by atoms with E-state index in [1.165, 1.54) is 0 Å². The van der Waals surface area contributed by atoms with E-state index >= 15 is 0 Å². The van der Waals surface area contributed by atoms with Crippen LogP contribution in [-0.4, -0.2) is 72.1 Å². The third-order valence-corrected chi connectivity index (χ3v) is 4.40. The molecule has 1 fully saturated rings. The first-order valence-electron chi connectivity index (χ1n) is 7.93. The number of aliphatic imine (C=N–C) groups is 1. The fourth-order valence-corrected chi connectivity index (χ4v) is 3.06. The maximum Gasteiger partial charge on any atom is 0.110 e. The van der Waals surface area contributed by atoms with E-state index in [9.17, 15) is 10.2 Å². The molecular formula is C17H24N2O4. The highest BCUT2D eigenvalue weighted by molar-refractivity contribution is 5.84. The van der Waals surface area contributed by atoms with Crippen LogP contribution < -0.4 is 0 Å². The molecule has 2 N–H and O–H groups in total. The average Bonchev–Trinajstić information content (AvgIpc) is 2.97. The predicted octanol–water partition coefficient (Wildman–Crippen LogP) is 0.425. The van der Waals surface area contributed by atoms with Gasteiger partial charge >= 0.3 is 0 Å². The zero-order valence-electron chi connectivity index (χ0n) is 13.5. The van der Waals surface area contributed by atoms with Crippen LogP contribution in [0.15, 0.2) is 35.3 Å².